The van der Waals surface area contributed by atoms with Crippen LogP contribution >= 0.6 is 22.9 Å². The fraction of sp³-hybridized carbons (Fsp3) is 0.400. The first-order valence-corrected chi connectivity index (χ1v) is 7.90. The minimum absolute atomic E-state index is 0.177. The summed E-state index contributed by atoms with van der Waals surface area (Å²) >= 11 is 7.88. The molecule has 1 fully saturated rings. The normalized spacial score (nSPS) is 17.8. The van der Waals surface area contributed by atoms with E-state index in [1.807, 2.05) is 18.2 Å². The van der Waals surface area contributed by atoms with Crippen LogP contribution in [0.3, 0.4) is 0 Å². The van der Waals surface area contributed by atoms with Crippen molar-refractivity contribution in [2.45, 2.75) is 37.6 Å². The molecule has 0 unspecified atom stereocenters. The van der Waals surface area contributed by atoms with Crippen molar-refractivity contribution < 1.29 is 0 Å². The third-order valence-corrected chi connectivity index (χ3v) is 5.28. The Balaban J connectivity index is 1.80. The van der Waals surface area contributed by atoms with Crippen LogP contribution in [0.4, 0.5) is 0 Å². The van der Waals surface area contributed by atoms with Gasteiger partial charge in [-0.25, -0.2) is 4.98 Å². The van der Waals surface area contributed by atoms with Crippen molar-refractivity contribution >= 4 is 22.9 Å². The van der Waals surface area contributed by atoms with Gasteiger partial charge in [0.05, 0.1) is 11.2 Å². The largest absolute Gasteiger partial charge is 0.319 e. The Hall–Kier alpha value is -0.900. The maximum absolute atomic E-state index is 6.44. The number of rotatable bonds is 3. The van der Waals surface area contributed by atoms with Crippen LogP contribution < -0.4 is 5.73 Å². The smallest absolute Gasteiger partial charge is 0.113 e. The number of aromatic nitrogens is 1. The summed E-state index contributed by atoms with van der Waals surface area (Å²) in [6.45, 7) is 0. The summed E-state index contributed by atoms with van der Waals surface area (Å²) in [4.78, 5) is 4.74. The Kier molecular flexibility index (Phi) is 3.61. The molecule has 3 rings (SSSR count). The molecule has 1 heterocycles. The van der Waals surface area contributed by atoms with E-state index in [0.29, 0.717) is 0 Å². The highest BCUT2D eigenvalue weighted by molar-refractivity contribution is 7.09. The molecular weight excluding hydrogens is 276 g/mol. The van der Waals surface area contributed by atoms with E-state index in [1.54, 1.807) is 11.3 Å². The standard InChI is InChI=1S/C15H17ClN2S/c16-13-6-2-1-5-11(13)9-12-10-19-14(18-12)15(17)7-3-4-8-15/h1-2,5-6,10H,3-4,7-9,17H2. The van der Waals surface area contributed by atoms with Crippen molar-refractivity contribution in [2.24, 2.45) is 5.73 Å². The number of hydrogen-bond acceptors (Lipinski definition) is 3. The Bertz CT molecular complexity index is 573. The highest BCUT2D eigenvalue weighted by Gasteiger charge is 2.33. The summed E-state index contributed by atoms with van der Waals surface area (Å²) in [6, 6.07) is 7.93. The van der Waals surface area contributed by atoms with Crippen molar-refractivity contribution in [1.82, 2.24) is 4.98 Å². The molecule has 1 saturated carbocycles. The number of nitrogens with two attached hydrogens (primary N) is 1. The van der Waals surface area contributed by atoms with Crippen molar-refractivity contribution in [3.63, 3.8) is 0 Å². The molecule has 100 valence electrons. The van der Waals surface area contributed by atoms with Gasteiger partial charge >= 0.3 is 0 Å². The number of halogens is 1. The van der Waals surface area contributed by atoms with E-state index in [-0.39, 0.29) is 5.54 Å². The van der Waals surface area contributed by atoms with E-state index in [2.05, 4.69) is 11.4 Å². The van der Waals surface area contributed by atoms with E-state index in [4.69, 9.17) is 22.3 Å². The van der Waals surface area contributed by atoms with Crippen LogP contribution in [0.15, 0.2) is 29.6 Å². The molecule has 2 N–H and O–H groups in total. The molecule has 1 aromatic carbocycles. The Labute approximate surface area is 122 Å². The molecule has 0 saturated heterocycles. The van der Waals surface area contributed by atoms with Crippen molar-refractivity contribution in [2.75, 3.05) is 0 Å². The highest BCUT2D eigenvalue weighted by atomic mass is 35.5. The second-order valence-electron chi connectivity index (χ2n) is 5.28. The maximum Gasteiger partial charge on any atom is 0.113 e. The molecule has 0 aliphatic heterocycles. The highest BCUT2D eigenvalue weighted by Crippen LogP contribution is 2.37. The first-order valence-electron chi connectivity index (χ1n) is 6.64. The van der Waals surface area contributed by atoms with Gasteiger partial charge < -0.3 is 5.73 Å². The molecule has 4 heteroatoms. The molecule has 1 aliphatic carbocycles. The van der Waals surface area contributed by atoms with Gasteiger partial charge in [-0.15, -0.1) is 11.3 Å². The number of benzene rings is 1. The van der Waals surface area contributed by atoms with E-state index >= 15 is 0 Å². The van der Waals surface area contributed by atoms with Crippen LogP contribution in [0.2, 0.25) is 5.02 Å². The molecule has 1 aliphatic rings. The molecule has 0 amide bonds. The summed E-state index contributed by atoms with van der Waals surface area (Å²) in [5.74, 6) is 0. The monoisotopic (exact) mass is 292 g/mol. The lowest BCUT2D eigenvalue weighted by Crippen LogP contribution is -2.32. The quantitative estimate of drug-likeness (QED) is 0.924. The molecule has 0 atom stereocenters. The second kappa shape index (κ2) is 5.23. The fourth-order valence-electron chi connectivity index (χ4n) is 2.67. The van der Waals surface area contributed by atoms with Gasteiger partial charge in [-0.3, -0.25) is 0 Å². The zero-order chi connectivity index (χ0) is 13.3. The molecule has 0 bridgehead atoms. The van der Waals surface area contributed by atoms with E-state index in [0.717, 1.165) is 40.6 Å². The minimum Gasteiger partial charge on any atom is -0.319 e. The Morgan fingerprint density at radius 3 is 2.74 bits per heavy atom. The van der Waals surface area contributed by atoms with E-state index < -0.39 is 0 Å². The van der Waals surface area contributed by atoms with Crippen molar-refractivity contribution in [3.8, 4) is 0 Å². The topological polar surface area (TPSA) is 38.9 Å². The van der Waals surface area contributed by atoms with Gasteiger partial charge in [0.1, 0.15) is 5.01 Å². The first-order chi connectivity index (χ1) is 9.17. The molecular formula is C15H17ClN2S. The first kappa shape index (κ1) is 13.1. The van der Waals surface area contributed by atoms with Gasteiger partial charge in [0.15, 0.2) is 0 Å². The fourth-order valence-corrected chi connectivity index (χ4v) is 3.87. The summed E-state index contributed by atoms with van der Waals surface area (Å²) in [6.07, 6.45) is 5.34. The average molecular weight is 293 g/mol. The third kappa shape index (κ3) is 2.69. The maximum atomic E-state index is 6.44. The predicted octanol–water partition coefficient (Wildman–Crippen LogP) is 4.12. The summed E-state index contributed by atoms with van der Waals surface area (Å²) in [5.41, 5.74) is 8.46. The van der Waals surface area contributed by atoms with E-state index in [9.17, 15) is 0 Å². The van der Waals surface area contributed by atoms with Crippen LogP contribution in [-0.4, -0.2) is 4.98 Å². The number of hydrogen-bond donors (Lipinski definition) is 1. The van der Waals surface area contributed by atoms with Crippen LogP contribution in [0, 0.1) is 0 Å². The minimum atomic E-state index is -0.177. The van der Waals surface area contributed by atoms with E-state index in [1.165, 1.54) is 12.8 Å². The molecule has 0 spiro atoms. The lowest BCUT2D eigenvalue weighted by atomic mass is 10.0. The van der Waals surface area contributed by atoms with Gasteiger partial charge in [-0.05, 0) is 24.5 Å². The van der Waals surface area contributed by atoms with Gasteiger partial charge in [0, 0.05) is 16.8 Å². The van der Waals surface area contributed by atoms with Crippen molar-refractivity contribution in [1.29, 1.82) is 0 Å². The molecule has 1 aromatic heterocycles. The van der Waals surface area contributed by atoms with Crippen molar-refractivity contribution in [3.05, 3.63) is 50.9 Å². The Morgan fingerprint density at radius 1 is 1.26 bits per heavy atom. The van der Waals surface area contributed by atoms with Crippen LogP contribution in [0.1, 0.15) is 41.9 Å². The SMILES string of the molecule is NC1(c2nc(Cc3ccccc3Cl)cs2)CCCC1. The number of thiazole rings is 1. The lowest BCUT2D eigenvalue weighted by Gasteiger charge is -2.19. The molecule has 2 aromatic rings. The summed E-state index contributed by atoms with van der Waals surface area (Å²) in [5, 5.41) is 4.01. The van der Waals surface area contributed by atoms with Gasteiger partial charge in [-0.2, -0.15) is 0 Å². The molecule has 2 nitrogen and oxygen atoms in total. The van der Waals surface area contributed by atoms with Crippen LogP contribution in [0.5, 0.6) is 0 Å². The van der Waals surface area contributed by atoms with Crippen LogP contribution in [-0.2, 0) is 12.0 Å². The molecule has 0 radical (unpaired) electrons. The second-order valence-corrected chi connectivity index (χ2v) is 6.54. The summed E-state index contributed by atoms with van der Waals surface area (Å²) < 4.78 is 0. The van der Waals surface area contributed by atoms with Gasteiger partial charge in [0.25, 0.3) is 0 Å². The number of nitrogens with zero attached hydrogens (tertiary/aromatic N) is 1. The average Bonchev–Trinajstić information content (AvgIpc) is 3.02. The van der Waals surface area contributed by atoms with Gasteiger partial charge in [0.2, 0.25) is 0 Å². The predicted molar refractivity (Wildman–Crippen MR) is 80.7 cm³/mol. The van der Waals surface area contributed by atoms with Gasteiger partial charge in [-0.1, -0.05) is 42.6 Å². The Morgan fingerprint density at radius 2 is 2.00 bits per heavy atom. The van der Waals surface area contributed by atoms with Crippen LogP contribution in [0.25, 0.3) is 0 Å². The zero-order valence-corrected chi connectivity index (χ0v) is 12.3. The zero-order valence-electron chi connectivity index (χ0n) is 10.7. The third-order valence-electron chi connectivity index (χ3n) is 3.80. The molecule has 19 heavy (non-hydrogen) atoms. The summed E-state index contributed by atoms with van der Waals surface area (Å²) in [7, 11) is 0. The lowest BCUT2D eigenvalue weighted by molar-refractivity contribution is 0.458.